The maximum Gasteiger partial charge on any atom is 0.269 e. The predicted octanol–water partition coefficient (Wildman–Crippen LogP) is 4.19. The normalized spacial score (nSPS) is 13.4. The molecule has 0 aliphatic heterocycles. The van der Waals surface area contributed by atoms with Crippen molar-refractivity contribution in [2.75, 3.05) is 0 Å². The second kappa shape index (κ2) is 7.27. The van der Waals surface area contributed by atoms with Gasteiger partial charge in [0, 0.05) is 42.3 Å². The summed E-state index contributed by atoms with van der Waals surface area (Å²) in [6.45, 7) is 4.16. The van der Waals surface area contributed by atoms with Crippen molar-refractivity contribution in [2.45, 2.75) is 25.9 Å². The van der Waals surface area contributed by atoms with Gasteiger partial charge in [0.1, 0.15) is 0 Å². The third-order valence-electron chi connectivity index (χ3n) is 4.28. The Balaban J connectivity index is 1.72. The lowest BCUT2D eigenvalue weighted by atomic mass is 10.0. The Labute approximate surface area is 146 Å². The molecule has 1 heterocycles. The van der Waals surface area contributed by atoms with Crippen LogP contribution in [-0.4, -0.2) is 14.5 Å². The van der Waals surface area contributed by atoms with Crippen LogP contribution in [0.2, 0.25) is 0 Å². The lowest BCUT2D eigenvalue weighted by molar-refractivity contribution is -0.384. The number of hydrogen-bond donors (Lipinski definition) is 1. The molecule has 3 rings (SSSR count). The summed E-state index contributed by atoms with van der Waals surface area (Å²) in [4.78, 5) is 14.5. The van der Waals surface area contributed by atoms with Crippen LogP contribution in [0.5, 0.6) is 0 Å². The summed E-state index contributed by atoms with van der Waals surface area (Å²) in [5.74, 6) is 0. The van der Waals surface area contributed by atoms with Crippen LogP contribution in [0.1, 0.15) is 37.1 Å². The van der Waals surface area contributed by atoms with Gasteiger partial charge < -0.3 is 9.88 Å². The number of non-ortho nitro benzene ring substituents is 1. The number of nitro benzene ring substituents is 1. The van der Waals surface area contributed by atoms with E-state index in [-0.39, 0.29) is 22.7 Å². The number of nitrogens with one attached hydrogen (secondary N) is 1. The van der Waals surface area contributed by atoms with Crippen LogP contribution < -0.4 is 5.32 Å². The molecule has 3 aromatic rings. The molecule has 0 amide bonds. The van der Waals surface area contributed by atoms with Gasteiger partial charge in [-0.15, -0.1) is 0 Å². The fourth-order valence-electron chi connectivity index (χ4n) is 2.82. The molecule has 0 unspecified atom stereocenters. The van der Waals surface area contributed by atoms with Crippen LogP contribution in [0, 0.1) is 10.1 Å². The van der Waals surface area contributed by atoms with Gasteiger partial charge >= 0.3 is 0 Å². The first kappa shape index (κ1) is 16.9. The van der Waals surface area contributed by atoms with Crippen LogP contribution in [0.15, 0.2) is 67.3 Å². The molecule has 0 bridgehead atoms. The number of nitrogens with zero attached hydrogens (tertiary/aromatic N) is 3. The van der Waals surface area contributed by atoms with E-state index in [2.05, 4.69) is 36.3 Å². The average Bonchev–Trinajstić information content (AvgIpc) is 3.16. The van der Waals surface area contributed by atoms with Crippen LogP contribution in [0.3, 0.4) is 0 Å². The van der Waals surface area contributed by atoms with Crippen molar-refractivity contribution in [1.82, 2.24) is 14.9 Å². The van der Waals surface area contributed by atoms with Gasteiger partial charge in [-0.25, -0.2) is 4.98 Å². The van der Waals surface area contributed by atoms with E-state index in [0.29, 0.717) is 0 Å². The molecule has 0 radical (unpaired) electrons. The van der Waals surface area contributed by atoms with Crippen LogP contribution in [0.25, 0.3) is 5.69 Å². The number of aromatic nitrogens is 2. The molecular weight excluding hydrogens is 316 g/mol. The number of hydrogen-bond acceptors (Lipinski definition) is 4. The number of benzene rings is 2. The summed E-state index contributed by atoms with van der Waals surface area (Å²) in [6, 6.07) is 15.2. The molecule has 128 valence electrons. The van der Waals surface area contributed by atoms with Crippen LogP contribution in [0.4, 0.5) is 5.69 Å². The quantitative estimate of drug-likeness (QED) is 0.541. The van der Waals surface area contributed by atoms with E-state index in [9.17, 15) is 10.1 Å². The van der Waals surface area contributed by atoms with Gasteiger partial charge in [0.2, 0.25) is 0 Å². The van der Waals surface area contributed by atoms with E-state index >= 15 is 0 Å². The summed E-state index contributed by atoms with van der Waals surface area (Å²) in [7, 11) is 0. The smallest absolute Gasteiger partial charge is 0.269 e. The SMILES string of the molecule is C[C@H](N[C@H](C)c1cccc(-n2ccnc2)c1)c1ccc([N+](=O)[O-])cc1. The van der Waals surface area contributed by atoms with E-state index < -0.39 is 0 Å². The third kappa shape index (κ3) is 3.92. The molecule has 0 aliphatic carbocycles. The number of imidazole rings is 1. The summed E-state index contributed by atoms with van der Waals surface area (Å²) in [5.41, 5.74) is 3.35. The first-order valence-electron chi connectivity index (χ1n) is 8.13. The molecule has 0 aliphatic rings. The Bertz CT molecular complexity index is 844. The van der Waals surface area contributed by atoms with Gasteiger partial charge in [-0.1, -0.05) is 24.3 Å². The fraction of sp³-hybridized carbons (Fsp3) is 0.211. The molecular formula is C19H20N4O2. The molecule has 6 nitrogen and oxygen atoms in total. The maximum atomic E-state index is 10.8. The van der Waals surface area contributed by atoms with Gasteiger partial charge in [-0.05, 0) is 37.1 Å². The minimum Gasteiger partial charge on any atom is -0.306 e. The molecule has 2 atom stereocenters. The highest BCUT2D eigenvalue weighted by Crippen LogP contribution is 2.23. The number of nitro groups is 1. The fourth-order valence-corrected chi connectivity index (χ4v) is 2.82. The van der Waals surface area contributed by atoms with Gasteiger partial charge in [0.25, 0.3) is 5.69 Å². The summed E-state index contributed by atoms with van der Waals surface area (Å²) in [6.07, 6.45) is 5.44. The van der Waals surface area contributed by atoms with Crippen molar-refractivity contribution in [3.8, 4) is 5.69 Å². The van der Waals surface area contributed by atoms with Crippen LogP contribution >= 0.6 is 0 Å². The van der Waals surface area contributed by atoms with Crippen molar-refractivity contribution >= 4 is 5.69 Å². The standard InChI is InChI=1S/C19H20N4O2/c1-14(16-6-8-18(9-7-16)23(24)25)21-15(2)17-4-3-5-19(12-17)22-11-10-20-13-22/h3-15,21H,1-2H3/t14-,15+/m0/s1. The minimum absolute atomic E-state index is 0.0766. The first-order chi connectivity index (χ1) is 12.0. The Morgan fingerprint density at radius 2 is 1.80 bits per heavy atom. The lowest BCUT2D eigenvalue weighted by Crippen LogP contribution is -2.22. The highest BCUT2D eigenvalue weighted by molar-refractivity contribution is 5.37. The van der Waals surface area contributed by atoms with E-state index in [1.54, 1.807) is 24.7 Å². The van der Waals surface area contributed by atoms with Gasteiger partial charge in [-0.3, -0.25) is 10.1 Å². The maximum absolute atomic E-state index is 10.8. The minimum atomic E-state index is -0.383. The molecule has 1 N–H and O–H groups in total. The molecule has 0 spiro atoms. The van der Waals surface area contributed by atoms with E-state index in [1.807, 2.05) is 22.9 Å². The zero-order valence-electron chi connectivity index (χ0n) is 14.2. The van der Waals surface area contributed by atoms with Crippen LogP contribution in [-0.2, 0) is 0 Å². The Kier molecular flexibility index (Phi) is 4.90. The number of rotatable bonds is 6. The molecule has 6 heteroatoms. The third-order valence-corrected chi connectivity index (χ3v) is 4.28. The lowest BCUT2D eigenvalue weighted by Gasteiger charge is -2.21. The highest BCUT2D eigenvalue weighted by Gasteiger charge is 2.13. The molecule has 2 aromatic carbocycles. The highest BCUT2D eigenvalue weighted by atomic mass is 16.6. The second-order valence-corrected chi connectivity index (χ2v) is 6.02. The summed E-state index contributed by atoms with van der Waals surface area (Å²) >= 11 is 0. The molecule has 0 fully saturated rings. The van der Waals surface area contributed by atoms with Crippen molar-refractivity contribution in [3.05, 3.63) is 88.5 Å². The molecule has 25 heavy (non-hydrogen) atoms. The zero-order valence-corrected chi connectivity index (χ0v) is 14.2. The van der Waals surface area contributed by atoms with E-state index in [1.165, 1.54) is 17.7 Å². The molecule has 0 saturated heterocycles. The topological polar surface area (TPSA) is 73.0 Å². The summed E-state index contributed by atoms with van der Waals surface area (Å²) < 4.78 is 1.97. The van der Waals surface area contributed by atoms with Crippen molar-refractivity contribution in [1.29, 1.82) is 0 Å². The molecule has 0 saturated carbocycles. The average molecular weight is 336 g/mol. The Morgan fingerprint density at radius 3 is 2.44 bits per heavy atom. The van der Waals surface area contributed by atoms with Gasteiger partial charge in [-0.2, -0.15) is 0 Å². The Morgan fingerprint density at radius 1 is 1.08 bits per heavy atom. The Hall–Kier alpha value is -2.99. The van der Waals surface area contributed by atoms with Crippen molar-refractivity contribution < 1.29 is 4.92 Å². The van der Waals surface area contributed by atoms with Gasteiger partial charge in [0.15, 0.2) is 0 Å². The summed E-state index contributed by atoms with van der Waals surface area (Å²) in [5, 5.41) is 14.3. The first-order valence-corrected chi connectivity index (χ1v) is 8.13. The predicted molar refractivity (Wildman–Crippen MR) is 96.6 cm³/mol. The second-order valence-electron chi connectivity index (χ2n) is 6.02. The van der Waals surface area contributed by atoms with E-state index in [4.69, 9.17) is 0 Å². The van der Waals surface area contributed by atoms with Gasteiger partial charge in [0.05, 0.1) is 11.3 Å². The van der Waals surface area contributed by atoms with Crippen molar-refractivity contribution in [3.63, 3.8) is 0 Å². The molecule has 1 aromatic heterocycles. The zero-order chi connectivity index (χ0) is 17.8. The van der Waals surface area contributed by atoms with Crippen molar-refractivity contribution in [2.24, 2.45) is 0 Å². The largest absolute Gasteiger partial charge is 0.306 e. The van der Waals surface area contributed by atoms with E-state index in [0.717, 1.165) is 11.3 Å². The monoisotopic (exact) mass is 336 g/mol.